The first-order valence-corrected chi connectivity index (χ1v) is 7.30. The molecule has 0 bridgehead atoms. The summed E-state index contributed by atoms with van der Waals surface area (Å²) in [4.78, 5) is 1.42. The average Bonchev–Trinajstić information content (AvgIpc) is 2.76. The Kier molecular flexibility index (Phi) is 4.23. The van der Waals surface area contributed by atoms with Crippen molar-refractivity contribution in [2.75, 3.05) is 6.54 Å². The van der Waals surface area contributed by atoms with E-state index in [1.807, 2.05) is 11.3 Å². The van der Waals surface area contributed by atoms with Crippen molar-refractivity contribution in [1.82, 2.24) is 5.32 Å². The van der Waals surface area contributed by atoms with Gasteiger partial charge in [-0.3, -0.25) is 0 Å². The summed E-state index contributed by atoms with van der Waals surface area (Å²) in [6.07, 6.45) is 4.26. The number of rotatable bonds is 4. The summed E-state index contributed by atoms with van der Waals surface area (Å²) in [5, 5.41) is 3.57. The van der Waals surface area contributed by atoms with Gasteiger partial charge < -0.3 is 5.32 Å². The first kappa shape index (κ1) is 11.6. The summed E-state index contributed by atoms with van der Waals surface area (Å²) >= 11 is 5.31. The van der Waals surface area contributed by atoms with E-state index in [0.29, 0.717) is 0 Å². The van der Waals surface area contributed by atoms with Gasteiger partial charge in [-0.1, -0.05) is 13.3 Å². The Labute approximate surface area is 104 Å². The fourth-order valence-corrected chi connectivity index (χ4v) is 3.81. The topological polar surface area (TPSA) is 12.0 Å². The molecule has 1 heterocycles. The number of halogens is 1. The third kappa shape index (κ3) is 3.58. The van der Waals surface area contributed by atoms with Gasteiger partial charge in [0.05, 0.1) is 3.79 Å². The molecule has 1 aromatic heterocycles. The standard InChI is InChI=1S/C12H18BrNS/c1-9-2-3-10(6-9)7-14-8-11-4-5-12(13)15-11/h4-5,9-10,14H,2-3,6-8H2,1H3. The van der Waals surface area contributed by atoms with E-state index in [2.05, 4.69) is 40.3 Å². The molecule has 1 aromatic rings. The van der Waals surface area contributed by atoms with Crippen molar-refractivity contribution < 1.29 is 0 Å². The van der Waals surface area contributed by atoms with Crippen molar-refractivity contribution in [1.29, 1.82) is 0 Å². The second kappa shape index (κ2) is 5.46. The Morgan fingerprint density at radius 3 is 2.93 bits per heavy atom. The molecule has 3 heteroatoms. The van der Waals surface area contributed by atoms with E-state index >= 15 is 0 Å². The Hall–Kier alpha value is 0.140. The Morgan fingerprint density at radius 1 is 1.47 bits per heavy atom. The van der Waals surface area contributed by atoms with Gasteiger partial charge in [0.25, 0.3) is 0 Å². The lowest BCUT2D eigenvalue weighted by Gasteiger charge is -2.09. The first-order chi connectivity index (χ1) is 7.24. The zero-order valence-electron chi connectivity index (χ0n) is 9.13. The van der Waals surface area contributed by atoms with Gasteiger partial charge in [-0.25, -0.2) is 0 Å². The minimum atomic E-state index is 0.920. The van der Waals surface area contributed by atoms with Crippen LogP contribution in [-0.2, 0) is 6.54 Å². The lowest BCUT2D eigenvalue weighted by Crippen LogP contribution is -2.20. The number of hydrogen-bond acceptors (Lipinski definition) is 2. The highest BCUT2D eigenvalue weighted by molar-refractivity contribution is 9.11. The summed E-state index contributed by atoms with van der Waals surface area (Å²) in [6, 6.07) is 4.32. The minimum Gasteiger partial charge on any atom is -0.312 e. The number of thiophene rings is 1. The molecule has 2 atom stereocenters. The average molecular weight is 288 g/mol. The maximum Gasteiger partial charge on any atom is 0.0701 e. The fraction of sp³-hybridized carbons (Fsp3) is 0.667. The van der Waals surface area contributed by atoms with Gasteiger partial charge in [-0.15, -0.1) is 11.3 Å². The molecule has 15 heavy (non-hydrogen) atoms. The Bertz CT molecular complexity index is 310. The van der Waals surface area contributed by atoms with Crippen molar-refractivity contribution in [2.24, 2.45) is 11.8 Å². The van der Waals surface area contributed by atoms with E-state index in [4.69, 9.17) is 0 Å². The summed E-state index contributed by atoms with van der Waals surface area (Å²) in [5.74, 6) is 1.87. The monoisotopic (exact) mass is 287 g/mol. The molecule has 0 aliphatic heterocycles. The van der Waals surface area contributed by atoms with E-state index in [1.54, 1.807) is 0 Å². The molecule has 0 aromatic carbocycles. The van der Waals surface area contributed by atoms with E-state index in [-0.39, 0.29) is 0 Å². The van der Waals surface area contributed by atoms with Crippen LogP contribution in [0.3, 0.4) is 0 Å². The Morgan fingerprint density at radius 2 is 2.33 bits per heavy atom. The van der Waals surface area contributed by atoms with Gasteiger partial charge in [-0.2, -0.15) is 0 Å². The normalized spacial score (nSPS) is 26.0. The van der Waals surface area contributed by atoms with Gasteiger partial charge in [0.2, 0.25) is 0 Å². The van der Waals surface area contributed by atoms with Crippen LogP contribution in [-0.4, -0.2) is 6.54 Å². The molecule has 2 rings (SSSR count). The zero-order chi connectivity index (χ0) is 10.7. The molecule has 84 valence electrons. The van der Waals surface area contributed by atoms with Crippen LogP contribution < -0.4 is 5.32 Å². The van der Waals surface area contributed by atoms with Crippen molar-refractivity contribution in [3.63, 3.8) is 0 Å². The number of hydrogen-bond donors (Lipinski definition) is 1. The summed E-state index contributed by atoms with van der Waals surface area (Å²) in [5.41, 5.74) is 0. The summed E-state index contributed by atoms with van der Waals surface area (Å²) in [6.45, 7) is 4.59. The molecule has 1 aliphatic carbocycles. The van der Waals surface area contributed by atoms with E-state index in [0.717, 1.165) is 18.4 Å². The van der Waals surface area contributed by atoms with Gasteiger partial charge in [-0.05, 0) is 59.3 Å². The minimum absolute atomic E-state index is 0.920. The molecule has 1 aliphatic rings. The van der Waals surface area contributed by atoms with Crippen LogP contribution >= 0.6 is 27.3 Å². The molecular weight excluding hydrogens is 270 g/mol. The van der Waals surface area contributed by atoms with Crippen molar-refractivity contribution in [3.05, 3.63) is 20.8 Å². The highest BCUT2D eigenvalue weighted by Crippen LogP contribution is 2.29. The van der Waals surface area contributed by atoms with Crippen molar-refractivity contribution in [3.8, 4) is 0 Å². The van der Waals surface area contributed by atoms with Gasteiger partial charge in [0, 0.05) is 11.4 Å². The maximum absolute atomic E-state index is 3.57. The van der Waals surface area contributed by atoms with Crippen LogP contribution in [0, 0.1) is 11.8 Å². The Balaban J connectivity index is 1.67. The summed E-state index contributed by atoms with van der Waals surface area (Å²) in [7, 11) is 0. The van der Waals surface area contributed by atoms with Crippen LogP contribution in [0.5, 0.6) is 0 Å². The highest BCUT2D eigenvalue weighted by Gasteiger charge is 2.20. The molecule has 0 spiro atoms. The molecule has 1 saturated carbocycles. The molecule has 0 saturated heterocycles. The van der Waals surface area contributed by atoms with E-state index < -0.39 is 0 Å². The second-order valence-electron chi connectivity index (χ2n) is 4.62. The maximum atomic E-state index is 3.57. The predicted molar refractivity (Wildman–Crippen MR) is 70.2 cm³/mol. The highest BCUT2D eigenvalue weighted by atomic mass is 79.9. The van der Waals surface area contributed by atoms with Crippen molar-refractivity contribution in [2.45, 2.75) is 32.7 Å². The SMILES string of the molecule is CC1CCC(CNCc2ccc(Br)s2)C1. The first-order valence-electron chi connectivity index (χ1n) is 5.69. The molecular formula is C12H18BrNS. The van der Waals surface area contributed by atoms with Crippen LogP contribution in [0.25, 0.3) is 0 Å². The van der Waals surface area contributed by atoms with Crippen LogP contribution in [0.1, 0.15) is 31.1 Å². The fourth-order valence-electron chi connectivity index (χ4n) is 2.36. The third-order valence-electron chi connectivity index (χ3n) is 3.16. The molecule has 1 nitrogen and oxygen atoms in total. The predicted octanol–water partition coefficient (Wildman–Crippen LogP) is 4.04. The lowest BCUT2D eigenvalue weighted by molar-refractivity contribution is 0.472. The molecule has 1 fully saturated rings. The van der Waals surface area contributed by atoms with E-state index in [9.17, 15) is 0 Å². The summed E-state index contributed by atoms with van der Waals surface area (Å²) < 4.78 is 1.23. The number of nitrogens with one attached hydrogen (secondary N) is 1. The third-order valence-corrected chi connectivity index (χ3v) is 4.79. The lowest BCUT2D eigenvalue weighted by atomic mass is 10.1. The molecule has 0 amide bonds. The van der Waals surface area contributed by atoms with E-state index in [1.165, 1.54) is 34.5 Å². The smallest absolute Gasteiger partial charge is 0.0701 e. The quantitative estimate of drug-likeness (QED) is 0.881. The van der Waals surface area contributed by atoms with Gasteiger partial charge in [0.15, 0.2) is 0 Å². The van der Waals surface area contributed by atoms with Crippen LogP contribution in [0.4, 0.5) is 0 Å². The van der Waals surface area contributed by atoms with Crippen LogP contribution in [0.15, 0.2) is 15.9 Å². The largest absolute Gasteiger partial charge is 0.312 e. The molecule has 2 unspecified atom stereocenters. The zero-order valence-corrected chi connectivity index (χ0v) is 11.5. The van der Waals surface area contributed by atoms with Crippen LogP contribution in [0.2, 0.25) is 0 Å². The van der Waals surface area contributed by atoms with Crippen molar-refractivity contribution >= 4 is 27.3 Å². The molecule has 0 radical (unpaired) electrons. The van der Waals surface area contributed by atoms with Gasteiger partial charge in [0.1, 0.15) is 0 Å². The second-order valence-corrected chi connectivity index (χ2v) is 7.17. The molecule has 1 N–H and O–H groups in total. The van der Waals surface area contributed by atoms with Gasteiger partial charge >= 0.3 is 0 Å².